The van der Waals surface area contributed by atoms with Crippen molar-refractivity contribution >= 4 is 29.9 Å². The van der Waals surface area contributed by atoms with Crippen LogP contribution in [0.25, 0.3) is 22.7 Å². The molecule has 4 N–H and O–H groups in total. The first-order valence-electron chi connectivity index (χ1n) is 7.18. The first-order valence-corrected chi connectivity index (χ1v) is 8.79. The minimum atomic E-state index is -4.40. The highest BCUT2D eigenvalue weighted by atomic mass is 31.2. The average Bonchev–Trinajstić information content (AvgIpc) is 3.03. The fourth-order valence-electron chi connectivity index (χ4n) is 2.36. The summed E-state index contributed by atoms with van der Waals surface area (Å²) >= 11 is 0. The zero-order valence-electron chi connectivity index (χ0n) is 13.5. The number of anilines is 1. The van der Waals surface area contributed by atoms with Crippen LogP contribution >= 0.6 is 7.60 Å². The van der Waals surface area contributed by atoms with Crippen molar-refractivity contribution < 1.29 is 18.8 Å². The van der Waals surface area contributed by atoms with E-state index in [1.165, 1.54) is 12.4 Å². The third kappa shape index (κ3) is 3.06. The number of fused-ring (bicyclic) bond motifs is 1. The number of hydrogen-bond acceptors (Lipinski definition) is 6. The number of aromatic nitrogens is 4. The highest BCUT2D eigenvalue weighted by Crippen LogP contribution is 2.36. The molecule has 0 amide bonds. The lowest BCUT2D eigenvalue weighted by Gasteiger charge is -2.20. The fraction of sp³-hybridized carbons (Fsp3) is 0.357. The first-order chi connectivity index (χ1) is 11.1. The molecule has 3 aromatic rings. The molecule has 0 saturated carbocycles. The first kappa shape index (κ1) is 16.6. The van der Waals surface area contributed by atoms with Crippen molar-refractivity contribution in [1.82, 2.24) is 19.5 Å². The van der Waals surface area contributed by atoms with Gasteiger partial charge in [-0.1, -0.05) is 20.8 Å². The zero-order valence-corrected chi connectivity index (χ0v) is 14.4. The molecule has 24 heavy (non-hydrogen) atoms. The van der Waals surface area contributed by atoms with Gasteiger partial charge >= 0.3 is 7.60 Å². The van der Waals surface area contributed by atoms with E-state index in [2.05, 4.69) is 35.7 Å². The van der Waals surface area contributed by atoms with E-state index >= 15 is 0 Å². The van der Waals surface area contributed by atoms with Crippen LogP contribution in [-0.4, -0.2) is 29.3 Å². The van der Waals surface area contributed by atoms with Gasteiger partial charge < -0.3 is 24.5 Å². The number of nitrogen functional groups attached to an aromatic ring is 1. The summed E-state index contributed by atoms with van der Waals surface area (Å²) in [4.78, 5) is 31.1. The second kappa shape index (κ2) is 5.41. The van der Waals surface area contributed by atoms with Crippen LogP contribution in [0.4, 0.5) is 5.82 Å². The molecule has 0 atom stereocenters. The molecule has 0 bridgehead atoms. The molecule has 0 radical (unpaired) electrons. The van der Waals surface area contributed by atoms with Crippen LogP contribution in [0, 0.1) is 5.41 Å². The maximum atomic E-state index is 11.4. The van der Waals surface area contributed by atoms with Crippen LogP contribution in [0.5, 0.6) is 0 Å². The Kier molecular flexibility index (Phi) is 3.75. The van der Waals surface area contributed by atoms with Crippen LogP contribution in [-0.2, 0) is 11.1 Å². The Bertz CT molecular complexity index is 950. The molecule has 0 aliphatic carbocycles. The Morgan fingerprint density at radius 2 is 2.04 bits per heavy atom. The monoisotopic (exact) mass is 351 g/mol. The van der Waals surface area contributed by atoms with Crippen LogP contribution in [0.15, 0.2) is 23.1 Å². The second-order valence-corrected chi connectivity index (χ2v) is 8.33. The van der Waals surface area contributed by atoms with Crippen LogP contribution in [0.2, 0.25) is 0 Å². The maximum Gasteiger partial charge on any atom is 0.359 e. The predicted octanol–water partition coefficient (Wildman–Crippen LogP) is 1.52. The van der Waals surface area contributed by atoms with Gasteiger partial charge in [-0.2, -0.15) is 0 Å². The molecular weight excluding hydrogens is 333 g/mol. The lowest BCUT2D eigenvalue weighted by Crippen LogP contribution is -2.16. The molecule has 10 heteroatoms. The highest BCUT2D eigenvalue weighted by molar-refractivity contribution is 7.60. The molecule has 0 spiro atoms. The molecule has 0 aliphatic rings. The van der Waals surface area contributed by atoms with Gasteiger partial charge in [0, 0.05) is 12.6 Å². The SMILES string of the molecule is CC(C)(C)Cn1c(-c2cc(P(=O)(O)O)co2)nc2c(N)ncnc21. The summed E-state index contributed by atoms with van der Waals surface area (Å²) in [5.74, 6) is 0.859. The molecule has 0 saturated heterocycles. The molecule has 3 aromatic heterocycles. The van der Waals surface area contributed by atoms with Crippen molar-refractivity contribution in [1.29, 1.82) is 0 Å². The third-order valence-corrected chi connectivity index (χ3v) is 4.24. The van der Waals surface area contributed by atoms with Gasteiger partial charge in [0.2, 0.25) is 0 Å². The Hall–Kier alpha value is -2.22. The van der Waals surface area contributed by atoms with E-state index in [1.807, 2.05) is 4.57 Å². The van der Waals surface area contributed by atoms with Gasteiger partial charge in [0.05, 0.1) is 0 Å². The quantitative estimate of drug-likeness (QED) is 0.603. The van der Waals surface area contributed by atoms with Crippen molar-refractivity contribution in [3.63, 3.8) is 0 Å². The van der Waals surface area contributed by atoms with Crippen LogP contribution in [0.3, 0.4) is 0 Å². The van der Waals surface area contributed by atoms with Crippen molar-refractivity contribution in [2.45, 2.75) is 27.3 Å². The van der Waals surface area contributed by atoms with Gasteiger partial charge in [0.15, 0.2) is 28.6 Å². The molecular formula is C14H18N5O4P. The van der Waals surface area contributed by atoms with E-state index < -0.39 is 7.60 Å². The number of hydrogen-bond donors (Lipinski definition) is 3. The molecule has 0 unspecified atom stereocenters. The van der Waals surface area contributed by atoms with E-state index in [4.69, 9.17) is 10.2 Å². The van der Waals surface area contributed by atoms with E-state index in [0.717, 1.165) is 6.26 Å². The van der Waals surface area contributed by atoms with Gasteiger partial charge in [-0.25, -0.2) is 15.0 Å². The summed E-state index contributed by atoms with van der Waals surface area (Å²) in [5.41, 5.74) is 6.74. The summed E-state index contributed by atoms with van der Waals surface area (Å²) in [6, 6.07) is 1.28. The Labute approximate surface area is 137 Å². The van der Waals surface area contributed by atoms with Gasteiger partial charge in [0.25, 0.3) is 0 Å². The summed E-state index contributed by atoms with van der Waals surface area (Å²) in [6.07, 6.45) is 2.39. The highest BCUT2D eigenvalue weighted by Gasteiger charge is 2.26. The number of nitrogens with zero attached hydrogens (tertiary/aromatic N) is 4. The minimum absolute atomic E-state index is 0.0965. The lowest BCUT2D eigenvalue weighted by atomic mass is 9.97. The van der Waals surface area contributed by atoms with Crippen LogP contribution < -0.4 is 11.0 Å². The molecule has 0 fully saturated rings. The van der Waals surface area contributed by atoms with Crippen molar-refractivity contribution in [2.24, 2.45) is 5.41 Å². The maximum absolute atomic E-state index is 11.4. The summed E-state index contributed by atoms with van der Waals surface area (Å²) in [5, 5.41) is -0.203. The lowest BCUT2D eigenvalue weighted by molar-refractivity contribution is 0.348. The standard InChI is InChI=1S/C14H18N5O4P/c1-14(2,3)6-19-12(9-4-8(5-23-9)24(20,21)22)18-10-11(15)16-7-17-13(10)19/h4-5,7H,6H2,1-3H3,(H2,15,16,17)(H2,20,21,22). The molecule has 128 valence electrons. The molecule has 9 nitrogen and oxygen atoms in total. The second-order valence-electron chi connectivity index (χ2n) is 6.73. The number of rotatable bonds is 3. The van der Waals surface area contributed by atoms with Gasteiger partial charge in [-0.05, 0) is 5.41 Å². The normalized spacial score (nSPS) is 12.9. The average molecular weight is 351 g/mol. The summed E-state index contributed by atoms with van der Waals surface area (Å²) in [7, 11) is -4.40. The summed E-state index contributed by atoms with van der Waals surface area (Å²) in [6.45, 7) is 6.71. The number of nitrogens with two attached hydrogens (primary N) is 1. The van der Waals surface area contributed by atoms with E-state index in [1.54, 1.807) is 0 Å². The fourth-order valence-corrected chi connectivity index (χ4v) is 2.84. The predicted molar refractivity (Wildman–Crippen MR) is 88.6 cm³/mol. The van der Waals surface area contributed by atoms with Gasteiger partial charge in [-0.15, -0.1) is 0 Å². The topological polar surface area (TPSA) is 140 Å². The minimum Gasteiger partial charge on any atom is -0.460 e. The number of furan rings is 1. The summed E-state index contributed by atoms with van der Waals surface area (Å²) < 4.78 is 18.5. The van der Waals surface area contributed by atoms with Gasteiger partial charge in [0.1, 0.15) is 17.9 Å². The zero-order chi connectivity index (χ0) is 17.7. The van der Waals surface area contributed by atoms with Gasteiger partial charge in [-0.3, -0.25) is 4.57 Å². The molecule has 3 heterocycles. The molecule has 0 aromatic carbocycles. The molecule has 0 aliphatic heterocycles. The number of imidazole rings is 1. The Balaban J connectivity index is 2.23. The molecule has 3 rings (SSSR count). The Morgan fingerprint density at radius 3 is 2.62 bits per heavy atom. The van der Waals surface area contributed by atoms with Crippen molar-refractivity contribution in [3.8, 4) is 11.6 Å². The smallest absolute Gasteiger partial charge is 0.359 e. The largest absolute Gasteiger partial charge is 0.460 e. The van der Waals surface area contributed by atoms with E-state index in [9.17, 15) is 14.4 Å². The Morgan fingerprint density at radius 1 is 1.33 bits per heavy atom. The van der Waals surface area contributed by atoms with Crippen molar-refractivity contribution in [3.05, 3.63) is 18.7 Å². The van der Waals surface area contributed by atoms with Crippen molar-refractivity contribution in [2.75, 3.05) is 5.73 Å². The third-order valence-electron chi connectivity index (χ3n) is 3.34. The van der Waals surface area contributed by atoms with E-state index in [0.29, 0.717) is 23.5 Å². The van der Waals surface area contributed by atoms with Crippen LogP contribution in [0.1, 0.15) is 20.8 Å². The van der Waals surface area contributed by atoms with E-state index in [-0.39, 0.29) is 22.3 Å².